The van der Waals surface area contributed by atoms with Crippen LogP contribution in [0, 0.1) is 27.7 Å². The molecule has 0 radical (unpaired) electrons. The van der Waals surface area contributed by atoms with Crippen molar-refractivity contribution in [1.82, 2.24) is 0 Å². The van der Waals surface area contributed by atoms with Gasteiger partial charge in [-0.05, 0) is 0 Å². The minimum absolute atomic E-state index is 0.241. The molecule has 2 heterocycles. The predicted molar refractivity (Wildman–Crippen MR) is 246 cm³/mol. The Morgan fingerprint density at radius 2 is 0.897 bits per heavy atom. The van der Waals surface area contributed by atoms with E-state index in [2.05, 4.69) is 173 Å². The van der Waals surface area contributed by atoms with Gasteiger partial charge in [0.05, 0.1) is 0 Å². The van der Waals surface area contributed by atoms with E-state index in [1.165, 1.54) is 77.2 Å². The second kappa shape index (κ2) is 13.8. The molecule has 8 aromatic rings. The molecule has 2 nitrogen and oxygen atoms in total. The first-order chi connectivity index (χ1) is 27.9. The molecule has 0 fully saturated rings. The van der Waals surface area contributed by atoms with Crippen LogP contribution in [0.2, 0.25) is 13.1 Å². The average Bonchev–Trinajstić information content (AvgIpc) is 4.02. The molecule has 2 aromatic heterocycles. The van der Waals surface area contributed by atoms with E-state index in [0.717, 1.165) is 34.2 Å². The summed E-state index contributed by atoms with van der Waals surface area (Å²) in [5.74, 6) is 3.40. The molecular formula is C52H44Cl2O2SiZr. The summed E-state index contributed by atoms with van der Waals surface area (Å²) in [5.41, 5.74) is 12.7. The van der Waals surface area contributed by atoms with Crippen molar-refractivity contribution in [3.05, 3.63) is 190 Å². The summed E-state index contributed by atoms with van der Waals surface area (Å²) in [6.07, 6.45) is 4.73. The maximum absolute atomic E-state index is 8.99. The summed E-state index contributed by atoms with van der Waals surface area (Å²) in [6.45, 7) is 13.2. The van der Waals surface area contributed by atoms with Gasteiger partial charge in [0.15, 0.2) is 0 Å². The van der Waals surface area contributed by atoms with E-state index in [9.17, 15) is 0 Å². The Labute approximate surface area is 348 Å². The fourth-order valence-corrected chi connectivity index (χ4v) is 37.7. The number of benzene rings is 6. The van der Waals surface area contributed by atoms with Crippen LogP contribution < -0.4 is 0 Å². The average molecular weight is 891 g/mol. The van der Waals surface area contributed by atoms with Crippen molar-refractivity contribution < 1.29 is 23.8 Å². The second-order valence-corrected chi connectivity index (χ2v) is 55.5. The number of fused-ring (bicyclic) bond motifs is 4. The second-order valence-electron chi connectivity index (χ2n) is 16.7. The molecule has 58 heavy (non-hydrogen) atoms. The first-order valence-corrected chi connectivity index (χ1v) is 35.5. The zero-order chi connectivity index (χ0) is 40.1. The molecule has 2 aliphatic carbocycles. The molecule has 6 aromatic carbocycles. The van der Waals surface area contributed by atoms with Crippen LogP contribution in [0.15, 0.2) is 142 Å². The van der Waals surface area contributed by atoms with Gasteiger partial charge in [0.1, 0.15) is 0 Å². The third-order valence-corrected chi connectivity index (χ3v) is 59.2. The van der Waals surface area contributed by atoms with Crippen molar-refractivity contribution in [3.8, 4) is 22.3 Å². The van der Waals surface area contributed by atoms with Gasteiger partial charge in [-0.25, -0.2) is 0 Å². The maximum atomic E-state index is 8.99. The van der Waals surface area contributed by atoms with E-state index >= 15 is 0 Å². The van der Waals surface area contributed by atoms with Gasteiger partial charge < -0.3 is 0 Å². The van der Waals surface area contributed by atoms with Gasteiger partial charge in [-0.2, -0.15) is 0 Å². The van der Waals surface area contributed by atoms with E-state index < -0.39 is 20.4 Å². The molecule has 0 aliphatic heterocycles. The van der Waals surface area contributed by atoms with E-state index in [0.29, 0.717) is 0 Å². The van der Waals surface area contributed by atoms with Crippen LogP contribution in [0.3, 0.4) is 0 Å². The van der Waals surface area contributed by atoms with E-state index in [1.54, 1.807) is 0 Å². The molecule has 6 heteroatoms. The molecule has 10 rings (SSSR count). The molecule has 0 spiro atoms. The summed E-state index contributed by atoms with van der Waals surface area (Å²) in [7, 11) is 18.0. The van der Waals surface area contributed by atoms with Crippen LogP contribution in [-0.4, -0.2) is 5.43 Å². The molecule has 2 unspecified atom stereocenters. The standard InChI is InChI=1S/2C25H19O.C2H6Si.2ClH.Zr/c2*1-16-7-9-20-14-22(24-12-8-17(2)26-24)15-23(20)25(16)21-11-10-18-5-3-4-6-19(18)13-21;1-3-2;;;/h2*3-15H,1-2H3;1-2H3;2*1H;/q;;;;;+2/p-2. The van der Waals surface area contributed by atoms with Crippen LogP contribution in [0.1, 0.15) is 63.7 Å². The monoisotopic (exact) mass is 888 g/mol. The number of aryl methyl sites for hydroxylation is 4. The van der Waals surface area contributed by atoms with Gasteiger partial charge in [0, 0.05) is 0 Å². The summed E-state index contributed by atoms with van der Waals surface area (Å²) >= 11 is -5.42. The molecule has 286 valence electrons. The Kier molecular flexibility index (Phi) is 9.01. The van der Waals surface area contributed by atoms with Crippen molar-refractivity contribution in [2.45, 2.75) is 48.0 Å². The number of allylic oxidation sites excluding steroid dienone is 2. The van der Waals surface area contributed by atoms with Gasteiger partial charge in [0.25, 0.3) is 0 Å². The van der Waals surface area contributed by atoms with Crippen molar-refractivity contribution in [2.75, 3.05) is 0 Å². The van der Waals surface area contributed by atoms with Crippen molar-refractivity contribution >= 4 is 67.3 Å². The molecule has 0 saturated carbocycles. The number of rotatable bonds is 6. The third-order valence-electron chi connectivity index (χ3n) is 13.0. The number of hydrogen-bond acceptors (Lipinski definition) is 2. The van der Waals surface area contributed by atoms with Crippen LogP contribution in [0.25, 0.3) is 67.1 Å². The molecule has 0 N–H and O–H groups in total. The number of hydrogen-bond donors (Lipinski definition) is 0. The van der Waals surface area contributed by atoms with Crippen LogP contribution >= 0.6 is 17.0 Å². The topological polar surface area (TPSA) is 26.3 Å². The Hall–Kier alpha value is -4.44. The molecular weight excluding hydrogens is 847 g/mol. The fourth-order valence-electron chi connectivity index (χ4n) is 10.1. The zero-order valence-corrected chi connectivity index (χ0v) is 38.6. The number of halogens is 2. The van der Waals surface area contributed by atoms with Gasteiger partial charge in [-0.1, -0.05) is 0 Å². The first-order valence-electron chi connectivity index (χ1n) is 20.1. The molecule has 0 bridgehead atoms. The molecule has 0 amide bonds. The van der Waals surface area contributed by atoms with E-state index in [4.69, 9.17) is 25.9 Å². The van der Waals surface area contributed by atoms with Gasteiger partial charge in [0.2, 0.25) is 0 Å². The Bertz CT molecular complexity index is 2960. The third kappa shape index (κ3) is 5.74. The Morgan fingerprint density at radius 3 is 1.28 bits per heavy atom. The SMILES string of the molecule is Cc1ccc(C2=Cc3c(ccc(C)c3-c3ccc4ccccc4c3)[CH]2[Zr]([Cl])([Cl])([CH]2C(c3ccc(C)o3)=Cc3c2ccc(C)c3-c2ccc3ccccc3c2)=[Si](C)C)o1. The van der Waals surface area contributed by atoms with Crippen molar-refractivity contribution in [1.29, 1.82) is 0 Å². The van der Waals surface area contributed by atoms with Crippen LogP contribution in [-0.2, 0) is 15.0 Å². The molecule has 2 atom stereocenters. The van der Waals surface area contributed by atoms with E-state index in [-0.39, 0.29) is 7.25 Å². The zero-order valence-electron chi connectivity index (χ0n) is 33.6. The van der Waals surface area contributed by atoms with Crippen LogP contribution in [0.5, 0.6) is 0 Å². The van der Waals surface area contributed by atoms with E-state index in [1.807, 2.05) is 13.8 Å². The predicted octanol–water partition coefficient (Wildman–Crippen LogP) is 15.9. The summed E-state index contributed by atoms with van der Waals surface area (Å²) in [6, 6.07) is 48.3. The quantitative estimate of drug-likeness (QED) is 0.156. The van der Waals surface area contributed by atoms with Gasteiger partial charge >= 0.3 is 351 Å². The first kappa shape index (κ1) is 37.8. The minimum atomic E-state index is -5.42. The van der Waals surface area contributed by atoms with Crippen molar-refractivity contribution in [2.24, 2.45) is 0 Å². The fraction of sp³-hybridized carbons (Fsp3) is 0.154. The molecule has 2 aliphatic rings. The van der Waals surface area contributed by atoms with Gasteiger partial charge in [-0.3, -0.25) is 0 Å². The van der Waals surface area contributed by atoms with Gasteiger partial charge in [-0.15, -0.1) is 0 Å². The normalized spacial score (nSPS) is 16.4. The summed E-state index contributed by atoms with van der Waals surface area (Å²) in [5, 5.41) is 4.88. The summed E-state index contributed by atoms with van der Waals surface area (Å²) in [4.78, 5) is 0. The summed E-state index contributed by atoms with van der Waals surface area (Å²) < 4.78 is 12.7. The van der Waals surface area contributed by atoms with Crippen LogP contribution in [0.4, 0.5) is 0 Å². The Balaban J connectivity index is 1.26. The van der Waals surface area contributed by atoms with Crippen molar-refractivity contribution in [3.63, 3.8) is 0 Å². The number of furan rings is 2. The molecule has 0 saturated heterocycles. The Morgan fingerprint density at radius 1 is 0.483 bits per heavy atom.